The van der Waals surface area contributed by atoms with Gasteiger partial charge in [-0.25, -0.2) is 0 Å². The molecular formula is C23H31N2O4P. The molecule has 0 fully saturated rings. The molecule has 0 aliphatic heterocycles. The van der Waals surface area contributed by atoms with Crippen molar-refractivity contribution in [3.63, 3.8) is 0 Å². The first-order chi connectivity index (χ1) is 13.7. The molecule has 6 nitrogen and oxygen atoms in total. The fourth-order valence-electron chi connectivity index (χ4n) is 3.01. The van der Waals surface area contributed by atoms with Gasteiger partial charge in [-0.05, 0) is 54.0 Å². The highest BCUT2D eigenvalue weighted by Gasteiger charge is 2.24. The summed E-state index contributed by atoms with van der Waals surface area (Å²) in [6.45, 7) is 16.7. The molecule has 0 saturated heterocycles. The fraction of sp³-hybridized carbons (Fsp3) is 0.435. The molecule has 2 aromatic carbocycles. The number of aromatic hydroxyl groups is 1. The molecule has 0 amide bonds. The van der Waals surface area contributed by atoms with Gasteiger partial charge in [0.05, 0.1) is 5.69 Å². The standard InChI is InChI=1S/C23H31N2O4P/c1-22(2,3)16-11-15(21(26)18(12-16)23(4,5)6)14-24-19-10-9-17(29-25(27)28)13-20(19)30(7)8/h9-14,26H,1-8H3. The van der Waals surface area contributed by atoms with Crippen LogP contribution in [0.15, 0.2) is 35.3 Å². The zero-order chi connectivity index (χ0) is 22.9. The number of phenols is 1. The minimum absolute atomic E-state index is 0.0792. The van der Waals surface area contributed by atoms with Gasteiger partial charge in [0.2, 0.25) is 0 Å². The molecule has 2 rings (SSSR count). The van der Waals surface area contributed by atoms with E-state index < -0.39 is 13.0 Å². The highest BCUT2D eigenvalue weighted by atomic mass is 31.1. The molecule has 2 aromatic rings. The van der Waals surface area contributed by atoms with Gasteiger partial charge in [0.1, 0.15) is 11.5 Å². The first-order valence-electron chi connectivity index (χ1n) is 9.76. The highest BCUT2D eigenvalue weighted by molar-refractivity contribution is 7.64. The Hall–Kier alpha value is -2.46. The smallest absolute Gasteiger partial charge is 0.299 e. The molecular weight excluding hydrogens is 399 g/mol. The van der Waals surface area contributed by atoms with Gasteiger partial charge in [0.15, 0.2) is 0 Å². The second kappa shape index (κ2) is 8.73. The van der Waals surface area contributed by atoms with Crippen molar-refractivity contribution in [1.29, 1.82) is 0 Å². The molecule has 30 heavy (non-hydrogen) atoms. The molecule has 162 valence electrons. The number of rotatable bonds is 5. The summed E-state index contributed by atoms with van der Waals surface area (Å²) in [7, 11) is -0.574. The second-order valence-corrected chi connectivity index (χ2v) is 11.9. The average molecular weight is 430 g/mol. The summed E-state index contributed by atoms with van der Waals surface area (Å²) in [6.07, 6.45) is 1.67. The summed E-state index contributed by atoms with van der Waals surface area (Å²) in [5, 5.41) is 21.6. The van der Waals surface area contributed by atoms with Crippen LogP contribution in [0.5, 0.6) is 11.5 Å². The van der Waals surface area contributed by atoms with E-state index in [9.17, 15) is 15.2 Å². The van der Waals surface area contributed by atoms with Gasteiger partial charge in [-0.1, -0.05) is 55.5 Å². The van der Waals surface area contributed by atoms with Crippen molar-refractivity contribution in [3.05, 3.63) is 57.1 Å². The molecule has 0 aromatic heterocycles. The summed E-state index contributed by atoms with van der Waals surface area (Å²) in [4.78, 5) is 19.9. The molecule has 0 heterocycles. The summed E-state index contributed by atoms with van der Waals surface area (Å²) in [5.41, 5.74) is 3.06. The van der Waals surface area contributed by atoms with E-state index >= 15 is 0 Å². The molecule has 0 aliphatic carbocycles. The minimum atomic E-state index is -0.820. The van der Waals surface area contributed by atoms with Crippen LogP contribution in [0.25, 0.3) is 0 Å². The maximum Gasteiger partial charge on any atom is 0.299 e. The van der Waals surface area contributed by atoms with E-state index in [1.54, 1.807) is 18.3 Å². The van der Waals surface area contributed by atoms with Crippen molar-refractivity contribution in [2.45, 2.75) is 52.4 Å². The molecule has 1 N–H and O–H groups in total. The first-order valence-corrected chi connectivity index (χ1v) is 12.0. The van der Waals surface area contributed by atoms with E-state index in [1.165, 1.54) is 6.07 Å². The average Bonchev–Trinajstić information content (AvgIpc) is 2.58. The van der Waals surface area contributed by atoms with Gasteiger partial charge in [0, 0.05) is 22.6 Å². The van der Waals surface area contributed by atoms with Crippen LogP contribution in [0, 0.1) is 10.1 Å². The molecule has 7 heteroatoms. The normalized spacial score (nSPS) is 12.6. The number of aliphatic imine (C=N–C) groups is 1. The zero-order valence-corrected chi connectivity index (χ0v) is 19.9. The van der Waals surface area contributed by atoms with E-state index in [0.29, 0.717) is 11.3 Å². The molecule has 0 atom stereocenters. The van der Waals surface area contributed by atoms with Gasteiger partial charge in [-0.2, -0.15) is 0 Å². The maximum absolute atomic E-state index is 10.9. The lowest BCUT2D eigenvalue weighted by Gasteiger charge is -2.27. The van der Waals surface area contributed by atoms with Crippen LogP contribution in [0.1, 0.15) is 58.2 Å². The predicted molar refractivity (Wildman–Crippen MR) is 125 cm³/mol. The molecule has 0 aliphatic rings. The second-order valence-electron chi connectivity index (χ2n) is 9.58. The van der Waals surface area contributed by atoms with Crippen molar-refractivity contribution >= 4 is 25.1 Å². The Bertz CT molecular complexity index is 970. The summed E-state index contributed by atoms with van der Waals surface area (Å²) >= 11 is 0. The number of hydrogen-bond donors (Lipinski definition) is 1. The van der Waals surface area contributed by atoms with E-state index in [0.717, 1.165) is 16.4 Å². The summed E-state index contributed by atoms with van der Waals surface area (Å²) < 4.78 is 0. The topological polar surface area (TPSA) is 85.0 Å². The van der Waals surface area contributed by atoms with E-state index in [-0.39, 0.29) is 22.3 Å². The number of phenolic OH excluding ortho intramolecular Hbond substituents is 1. The Labute approximate surface area is 179 Å². The predicted octanol–water partition coefficient (Wildman–Crippen LogP) is 5.68. The number of benzene rings is 2. The van der Waals surface area contributed by atoms with Crippen LogP contribution in [-0.2, 0) is 10.8 Å². The Morgan fingerprint density at radius 1 is 1.07 bits per heavy atom. The zero-order valence-electron chi connectivity index (χ0n) is 19.0. The van der Waals surface area contributed by atoms with Crippen LogP contribution in [0.2, 0.25) is 0 Å². The van der Waals surface area contributed by atoms with E-state index in [1.807, 2.05) is 6.07 Å². The monoisotopic (exact) mass is 430 g/mol. The van der Waals surface area contributed by atoms with Crippen LogP contribution in [0.3, 0.4) is 0 Å². The van der Waals surface area contributed by atoms with Crippen molar-refractivity contribution in [2.24, 2.45) is 4.99 Å². The van der Waals surface area contributed by atoms with E-state index in [4.69, 9.17) is 0 Å². The minimum Gasteiger partial charge on any atom is -0.507 e. The van der Waals surface area contributed by atoms with Gasteiger partial charge >= 0.3 is 0 Å². The molecule has 0 radical (unpaired) electrons. The third-order valence-electron chi connectivity index (χ3n) is 4.76. The van der Waals surface area contributed by atoms with Crippen molar-refractivity contribution in [1.82, 2.24) is 0 Å². The third-order valence-corrected chi connectivity index (χ3v) is 6.09. The Morgan fingerprint density at radius 2 is 1.70 bits per heavy atom. The Morgan fingerprint density at radius 3 is 2.20 bits per heavy atom. The molecule has 0 spiro atoms. The Kier molecular flexibility index (Phi) is 6.93. The van der Waals surface area contributed by atoms with Gasteiger partial charge in [-0.15, -0.1) is 10.1 Å². The van der Waals surface area contributed by atoms with Crippen LogP contribution in [0.4, 0.5) is 5.69 Å². The lowest BCUT2D eigenvalue weighted by Crippen LogP contribution is -2.17. The Balaban J connectivity index is 2.57. The van der Waals surface area contributed by atoms with Crippen LogP contribution in [-0.4, -0.2) is 29.7 Å². The fourth-order valence-corrected chi connectivity index (χ4v) is 3.99. The van der Waals surface area contributed by atoms with Crippen molar-refractivity contribution in [2.75, 3.05) is 13.3 Å². The summed E-state index contributed by atoms with van der Waals surface area (Å²) in [5.74, 6) is 0.405. The highest BCUT2D eigenvalue weighted by Crippen LogP contribution is 2.37. The number of hydrogen-bond acceptors (Lipinski definition) is 5. The quantitative estimate of drug-likeness (QED) is 0.286. The first kappa shape index (κ1) is 23.8. The van der Waals surface area contributed by atoms with Gasteiger partial charge in [0.25, 0.3) is 5.09 Å². The number of nitrogens with zero attached hydrogens (tertiary/aromatic N) is 2. The SMILES string of the molecule is CP(C)c1cc(O[N+](=O)[O-])ccc1N=Cc1cc(C(C)(C)C)cc(C(C)(C)C)c1O. The van der Waals surface area contributed by atoms with Gasteiger partial charge < -0.3 is 5.11 Å². The van der Waals surface area contributed by atoms with Crippen LogP contribution < -0.4 is 10.1 Å². The molecule has 0 saturated carbocycles. The molecule has 0 unspecified atom stereocenters. The summed E-state index contributed by atoms with van der Waals surface area (Å²) in [6, 6.07) is 8.94. The van der Waals surface area contributed by atoms with E-state index in [2.05, 4.69) is 70.8 Å². The lowest BCUT2D eigenvalue weighted by molar-refractivity contribution is -0.711. The largest absolute Gasteiger partial charge is 0.507 e. The van der Waals surface area contributed by atoms with Crippen LogP contribution >= 0.6 is 7.92 Å². The van der Waals surface area contributed by atoms with Crippen molar-refractivity contribution < 1.29 is 15.0 Å². The van der Waals surface area contributed by atoms with Gasteiger partial charge in [-0.3, -0.25) is 9.83 Å². The lowest BCUT2D eigenvalue weighted by atomic mass is 9.79. The third kappa shape index (κ3) is 5.79. The maximum atomic E-state index is 10.9. The van der Waals surface area contributed by atoms with Crippen molar-refractivity contribution in [3.8, 4) is 11.5 Å². The molecule has 0 bridgehead atoms.